The lowest BCUT2D eigenvalue weighted by Gasteiger charge is -2.56. The van der Waals surface area contributed by atoms with E-state index in [2.05, 4.69) is 4.72 Å². The normalized spacial score (nSPS) is 31.8. The molecular weight excluding hydrogens is 358 g/mol. The Hall–Kier alpha value is -1.85. The van der Waals surface area contributed by atoms with Crippen LogP contribution in [0.25, 0.3) is 0 Å². The molecule has 2 aromatic rings. The van der Waals surface area contributed by atoms with E-state index in [-0.39, 0.29) is 5.54 Å². The van der Waals surface area contributed by atoms with E-state index in [0.29, 0.717) is 28.4 Å². The summed E-state index contributed by atoms with van der Waals surface area (Å²) in [5.74, 6) is 3.50. The fourth-order valence-corrected chi connectivity index (χ4v) is 7.32. The van der Waals surface area contributed by atoms with Crippen molar-refractivity contribution in [3.8, 4) is 11.5 Å². The summed E-state index contributed by atoms with van der Waals surface area (Å²) < 4.78 is 35.0. The fraction of sp³-hybridized carbons (Fsp3) is 0.455. The smallest absolute Gasteiger partial charge is 0.241 e. The summed E-state index contributed by atoms with van der Waals surface area (Å²) in [6.45, 7) is 0. The van der Waals surface area contributed by atoms with Gasteiger partial charge >= 0.3 is 0 Å². The van der Waals surface area contributed by atoms with E-state index in [0.717, 1.165) is 25.0 Å². The minimum Gasteiger partial charge on any atom is -0.457 e. The molecule has 142 valence electrons. The van der Waals surface area contributed by atoms with Gasteiger partial charge in [-0.1, -0.05) is 18.2 Å². The standard InChI is InChI=1S/C22H25NO3S/c24-27(25,23-22-13-16-10-17(14-22)12-18(11-16)15-22)21-8-6-20(7-9-21)26-19-4-2-1-3-5-19/h1-9,16-18,23H,10-15H2. The van der Waals surface area contributed by atoms with Gasteiger partial charge < -0.3 is 4.74 Å². The van der Waals surface area contributed by atoms with Gasteiger partial charge in [0.1, 0.15) is 11.5 Å². The number of hydrogen-bond acceptors (Lipinski definition) is 3. The van der Waals surface area contributed by atoms with Gasteiger partial charge in [0.15, 0.2) is 0 Å². The van der Waals surface area contributed by atoms with E-state index in [1.807, 2.05) is 30.3 Å². The van der Waals surface area contributed by atoms with Crippen molar-refractivity contribution in [3.63, 3.8) is 0 Å². The lowest BCUT2D eigenvalue weighted by molar-refractivity contribution is -0.00810. The molecule has 4 nitrogen and oxygen atoms in total. The van der Waals surface area contributed by atoms with Crippen LogP contribution in [0.4, 0.5) is 0 Å². The van der Waals surface area contributed by atoms with Crippen molar-refractivity contribution < 1.29 is 13.2 Å². The third-order valence-corrected chi connectivity index (χ3v) is 8.10. The quantitative estimate of drug-likeness (QED) is 0.812. The summed E-state index contributed by atoms with van der Waals surface area (Å²) in [4.78, 5) is 0.318. The van der Waals surface area contributed by atoms with Gasteiger partial charge in [0.05, 0.1) is 4.90 Å². The predicted molar refractivity (Wildman–Crippen MR) is 104 cm³/mol. The van der Waals surface area contributed by atoms with Crippen LogP contribution in [-0.4, -0.2) is 14.0 Å². The SMILES string of the molecule is O=S(=O)(NC12CC3CC(CC(C3)C1)C2)c1ccc(Oc2ccccc2)cc1. The molecule has 4 fully saturated rings. The van der Waals surface area contributed by atoms with Gasteiger partial charge in [0.25, 0.3) is 0 Å². The Bertz CT molecular complexity index is 887. The van der Waals surface area contributed by atoms with E-state index in [1.165, 1.54) is 19.3 Å². The first kappa shape index (κ1) is 17.3. The number of sulfonamides is 1. The summed E-state index contributed by atoms with van der Waals surface area (Å²) >= 11 is 0. The molecule has 5 heteroatoms. The van der Waals surface area contributed by atoms with Gasteiger partial charge in [-0.2, -0.15) is 0 Å². The largest absolute Gasteiger partial charge is 0.457 e. The van der Waals surface area contributed by atoms with Crippen LogP contribution in [0.1, 0.15) is 38.5 Å². The minimum absolute atomic E-state index is 0.215. The molecule has 4 aliphatic carbocycles. The Labute approximate surface area is 161 Å². The van der Waals surface area contributed by atoms with Crippen LogP contribution in [0.15, 0.2) is 59.5 Å². The molecule has 1 N–H and O–H groups in total. The molecule has 0 saturated heterocycles. The van der Waals surface area contributed by atoms with Crippen LogP contribution < -0.4 is 9.46 Å². The van der Waals surface area contributed by atoms with E-state index >= 15 is 0 Å². The number of ether oxygens (including phenoxy) is 1. The van der Waals surface area contributed by atoms with Crippen LogP contribution in [0, 0.1) is 17.8 Å². The van der Waals surface area contributed by atoms with Crippen LogP contribution >= 0.6 is 0 Å². The van der Waals surface area contributed by atoms with Crippen molar-refractivity contribution in [2.24, 2.45) is 17.8 Å². The van der Waals surface area contributed by atoms with Gasteiger partial charge in [-0.25, -0.2) is 13.1 Å². The first-order chi connectivity index (χ1) is 13.0. The number of rotatable bonds is 5. The number of benzene rings is 2. The molecule has 0 heterocycles. The molecular formula is C22H25NO3S. The zero-order chi connectivity index (χ0) is 18.5. The van der Waals surface area contributed by atoms with Crippen molar-refractivity contribution in [2.75, 3.05) is 0 Å². The van der Waals surface area contributed by atoms with Gasteiger partial charge in [0, 0.05) is 5.54 Å². The highest BCUT2D eigenvalue weighted by molar-refractivity contribution is 7.89. The van der Waals surface area contributed by atoms with Crippen LogP contribution in [-0.2, 0) is 10.0 Å². The Kier molecular flexibility index (Phi) is 4.06. The van der Waals surface area contributed by atoms with Crippen LogP contribution in [0.3, 0.4) is 0 Å². The number of nitrogens with one attached hydrogen (secondary N) is 1. The van der Waals surface area contributed by atoms with Gasteiger partial charge in [-0.05, 0) is 92.7 Å². The Balaban J connectivity index is 1.33. The lowest BCUT2D eigenvalue weighted by atomic mass is 9.53. The molecule has 0 spiro atoms. The zero-order valence-electron chi connectivity index (χ0n) is 15.3. The Morgan fingerprint density at radius 2 is 1.30 bits per heavy atom. The minimum atomic E-state index is -3.52. The maximum Gasteiger partial charge on any atom is 0.241 e. The molecule has 4 saturated carbocycles. The van der Waals surface area contributed by atoms with E-state index in [9.17, 15) is 8.42 Å². The average Bonchev–Trinajstić information content (AvgIpc) is 2.61. The van der Waals surface area contributed by atoms with Crippen LogP contribution in [0.2, 0.25) is 0 Å². The second-order valence-corrected chi connectivity index (χ2v) is 10.4. The molecule has 0 aliphatic heterocycles. The molecule has 0 radical (unpaired) electrons. The van der Waals surface area contributed by atoms with Crippen molar-refractivity contribution in [1.29, 1.82) is 0 Å². The third kappa shape index (κ3) is 3.39. The number of hydrogen-bond donors (Lipinski definition) is 1. The average molecular weight is 384 g/mol. The molecule has 2 aromatic carbocycles. The highest BCUT2D eigenvalue weighted by atomic mass is 32.2. The second kappa shape index (κ2) is 6.35. The highest BCUT2D eigenvalue weighted by Crippen LogP contribution is 2.55. The summed E-state index contributed by atoms with van der Waals surface area (Å²) in [7, 11) is -3.52. The Morgan fingerprint density at radius 1 is 0.778 bits per heavy atom. The molecule has 4 bridgehead atoms. The zero-order valence-corrected chi connectivity index (χ0v) is 16.1. The first-order valence-electron chi connectivity index (χ1n) is 9.87. The first-order valence-corrected chi connectivity index (χ1v) is 11.3. The third-order valence-electron chi connectivity index (χ3n) is 6.50. The van der Waals surface area contributed by atoms with Crippen molar-refractivity contribution in [2.45, 2.75) is 49.0 Å². The fourth-order valence-electron chi connectivity index (χ4n) is 5.89. The van der Waals surface area contributed by atoms with Gasteiger partial charge in [-0.3, -0.25) is 0 Å². The van der Waals surface area contributed by atoms with Crippen LogP contribution in [0.5, 0.6) is 11.5 Å². The van der Waals surface area contributed by atoms with E-state index in [1.54, 1.807) is 24.3 Å². The maximum absolute atomic E-state index is 13.0. The van der Waals surface area contributed by atoms with Crippen molar-refractivity contribution in [1.82, 2.24) is 4.72 Å². The molecule has 0 atom stereocenters. The molecule has 0 amide bonds. The van der Waals surface area contributed by atoms with Crippen molar-refractivity contribution >= 4 is 10.0 Å². The van der Waals surface area contributed by atoms with E-state index in [4.69, 9.17) is 4.74 Å². The number of para-hydroxylation sites is 1. The molecule has 0 aromatic heterocycles. The molecule has 4 aliphatic rings. The topological polar surface area (TPSA) is 55.4 Å². The highest BCUT2D eigenvalue weighted by Gasteiger charge is 2.52. The molecule has 27 heavy (non-hydrogen) atoms. The molecule has 0 unspecified atom stereocenters. The summed E-state index contributed by atoms with van der Waals surface area (Å²) in [5.41, 5.74) is -0.215. The summed E-state index contributed by atoms with van der Waals surface area (Å²) in [6, 6.07) is 16.2. The van der Waals surface area contributed by atoms with Gasteiger partial charge in [-0.15, -0.1) is 0 Å². The maximum atomic E-state index is 13.0. The summed E-state index contributed by atoms with van der Waals surface area (Å²) in [6.07, 6.45) is 6.92. The lowest BCUT2D eigenvalue weighted by Crippen LogP contribution is -2.59. The predicted octanol–water partition coefficient (Wildman–Crippen LogP) is 4.73. The molecule has 6 rings (SSSR count). The second-order valence-electron chi connectivity index (χ2n) is 8.69. The summed E-state index contributed by atoms with van der Waals surface area (Å²) in [5, 5.41) is 0. The van der Waals surface area contributed by atoms with E-state index < -0.39 is 10.0 Å². The van der Waals surface area contributed by atoms with Gasteiger partial charge in [0.2, 0.25) is 10.0 Å². The Morgan fingerprint density at radius 3 is 1.85 bits per heavy atom. The van der Waals surface area contributed by atoms with Crippen molar-refractivity contribution in [3.05, 3.63) is 54.6 Å². The monoisotopic (exact) mass is 383 g/mol.